The fourth-order valence-corrected chi connectivity index (χ4v) is 5.21. The second kappa shape index (κ2) is 6.76. The van der Waals surface area contributed by atoms with Gasteiger partial charge in [0, 0.05) is 24.3 Å². The topological polar surface area (TPSA) is 40.6 Å². The first-order valence-corrected chi connectivity index (χ1v) is 10.2. The quantitative estimate of drug-likeness (QED) is 0.687. The average molecular weight is 373 g/mol. The molecule has 0 radical (unpaired) electrons. The molecule has 0 bridgehead atoms. The molecular weight excluding hydrogens is 344 g/mol. The first kappa shape index (κ1) is 19.0. The third-order valence-electron chi connectivity index (χ3n) is 5.57. The van der Waals surface area contributed by atoms with Gasteiger partial charge in [-0.1, -0.05) is 6.92 Å². The Morgan fingerprint density at radius 3 is 2.50 bits per heavy atom. The fraction of sp³-hybridized carbons (Fsp3) is 0.524. The van der Waals surface area contributed by atoms with Crippen LogP contribution in [0.25, 0.3) is 6.08 Å². The SMILES string of the molecule is CCN1C(=O)S/C(=C\c2cc3c(cc2C)N(CC)C(C)(C)C[C@@H]3C)C1=O. The number of carbonyl (C=O) groups excluding carboxylic acids is 2. The van der Waals surface area contributed by atoms with Crippen molar-refractivity contribution in [1.29, 1.82) is 0 Å². The second-order valence-corrected chi connectivity index (χ2v) is 8.85. The van der Waals surface area contributed by atoms with Crippen molar-refractivity contribution in [3.8, 4) is 0 Å². The Hall–Kier alpha value is -1.75. The summed E-state index contributed by atoms with van der Waals surface area (Å²) in [6, 6.07) is 4.46. The fourth-order valence-electron chi connectivity index (χ4n) is 4.32. The predicted octanol–water partition coefficient (Wildman–Crippen LogP) is 5.16. The van der Waals surface area contributed by atoms with Crippen molar-refractivity contribution < 1.29 is 9.59 Å². The van der Waals surface area contributed by atoms with E-state index in [0.29, 0.717) is 17.4 Å². The second-order valence-electron chi connectivity index (χ2n) is 7.86. The van der Waals surface area contributed by atoms with Crippen LogP contribution in [0.15, 0.2) is 17.0 Å². The van der Waals surface area contributed by atoms with Crippen LogP contribution < -0.4 is 4.90 Å². The molecule has 2 aliphatic heterocycles. The smallest absolute Gasteiger partial charge is 0.293 e. The van der Waals surface area contributed by atoms with Gasteiger partial charge in [0.2, 0.25) is 0 Å². The number of thioether (sulfide) groups is 1. The summed E-state index contributed by atoms with van der Waals surface area (Å²) >= 11 is 1.04. The first-order chi connectivity index (χ1) is 12.2. The Morgan fingerprint density at radius 2 is 1.92 bits per heavy atom. The molecule has 26 heavy (non-hydrogen) atoms. The van der Waals surface area contributed by atoms with Crippen LogP contribution >= 0.6 is 11.8 Å². The number of hydrogen-bond donors (Lipinski definition) is 0. The lowest BCUT2D eigenvalue weighted by molar-refractivity contribution is -0.122. The Balaban J connectivity index is 2.05. The predicted molar refractivity (Wildman–Crippen MR) is 110 cm³/mol. The lowest BCUT2D eigenvalue weighted by Gasteiger charge is -2.47. The van der Waals surface area contributed by atoms with Gasteiger partial charge in [-0.25, -0.2) is 0 Å². The Kier molecular flexibility index (Phi) is 4.95. The molecule has 0 aliphatic carbocycles. The largest absolute Gasteiger partial charge is 0.366 e. The van der Waals surface area contributed by atoms with Crippen molar-refractivity contribution in [3.05, 3.63) is 33.7 Å². The van der Waals surface area contributed by atoms with Gasteiger partial charge in [-0.15, -0.1) is 0 Å². The standard InChI is InChI=1S/C21H28N2O2S/c1-7-22-19(24)18(26-20(22)25)11-15-10-16-14(4)12-21(5,6)23(8-2)17(16)9-13(15)3/h9-11,14H,7-8,12H2,1-6H3/b18-11-/t14-/m0/s1. The maximum atomic E-state index is 12.4. The van der Waals surface area contributed by atoms with Gasteiger partial charge in [0.05, 0.1) is 4.91 Å². The van der Waals surface area contributed by atoms with Gasteiger partial charge >= 0.3 is 0 Å². The van der Waals surface area contributed by atoms with Gasteiger partial charge in [0.1, 0.15) is 0 Å². The summed E-state index contributed by atoms with van der Waals surface area (Å²) in [6.45, 7) is 14.4. The molecule has 1 aromatic carbocycles. The molecule has 2 amide bonds. The van der Waals surface area contributed by atoms with Crippen LogP contribution in [0.4, 0.5) is 10.5 Å². The van der Waals surface area contributed by atoms with E-state index in [9.17, 15) is 9.59 Å². The highest BCUT2D eigenvalue weighted by molar-refractivity contribution is 8.18. The van der Waals surface area contributed by atoms with Crippen molar-refractivity contribution in [2.75, 3.05) is 18.0 Å². The zero-order valence-corrected chi connectivity index (χ0v) is 17.4. The number of benzene rings is 1. The van der Waals surface area contributed by atoms with Crippen LogP contribution in [0, 0.1) is 6.92 Å². The lowest BCUT2D eigenvalue weighted by atomic mass is 9.79. The lowest BCUT2D eigenvalue weighted by Crippen LogP contribution is -2.48. The summed E-state index contributed by atoms with van der Waals surface area (Å²) in [6.07, 6.45) is 2.99. The number of amides is 2. The van der Waals surface area contributed by atoms with Crippen LogP contribution in [-0.4, -0.2) is 34.7 Å². The van der Waals surface area contributed by atoms with Crippen LogP contribution in [0.2, 0.25) is 0 Å². The number of nitrogens with zero attached hydrogens (tertiary/aromatic N) is 2. The maximum absolute atomic E-state index is 12.4. The van der Waals surface area contributed by atoms with Crippen LogP contribution in [0.1, 0.15) is 63.6 Å². The number of likely N-dealkylation sites (N-methyl/N-ethyl adjacent to an activating group) is 1. The molecule has 0 spiro atoms. The molecule has 0 saturated carbocycles. The number of hydrogen-bond acceptors (Lipinski definition) is 4. The van der Waals surface area contributed by atoms with Gasteiger partial charge in [-0.2, -0.15) is 0 Å². The Bertz CT molecular complexity index is 797. The summed E-state index contributed by atoms with van der Waals surface area (Å²) in [5, 5.41) is -0.174. The van der Waals surface area contributed by atoms with Crippen molar-refractivity contribution in [2.24, 2.45) is 0 Å². The number of carbonyl (C=O) groups is 2. The third-order valence-corrected chi connectivity index (χ3v) is 6.47. The average Bonchev–Trinajstić information content (AvgIpc) is 2.81. The summed E-state index contributed by atoms with van der Waals surface area (Å²) in [5.41, 5.74) is 4.94. The minimum Gasteiger partial charge on any atom is -0.366 e. The number of anilines is 1. The molecule has 0 aromatic heterocycles. The van der Waals surface area contributed by atoms with E-state index in [0.717, 1.165) is 35.9 Å². The van der Waals surface area contributed by atoms with Crippen molar-refractivity contribution in [1.82, 2.24) is 4.90 Å². The van der Waals surface area contributed by atoms with Gasteiger partial charge in [0.25, 0.3) is 11.1 Å². The van der Waals surface area contributed by atoms with E-state index < -0.39 is 0 Å². The normalized spacial score (nSPS) is 23.8. The highest BCUT2D eigenvalue weighted by Gasteiger charge is 2.36. The number of aryl methyl sites for hydroxylation is 1. The zero-order chi connectivity index (χ0) is 19.2. The van der Waals surface area contributed by atoms with Gasteiger partial charge < -0.3 is 4.90 Å². The number of imide groups is 1. The maximum Gasteiger partial charge on any atom is 0.293 e. The molecule has 140 valence electrons. The van der Waals surface area contributed by atoms with Gasteiger partial charge in [0.15, 0.2) is 0 Å². The van der Waals surface area contributed by atoms with E-state index in [1.807, 2.05) is 13.0 Å². The van der Waals surface area contributed by atoms with Gasteiger partial charge in [-0.05, 0) is 93.6 Å². The van der Waals surface area contributed by atoms with E-state index in [1.54, 1.807) is 0 Å². The highest BCUT2D eigenvalue weighted by Crippen LogP contribution is 2.44. The van der Waals surface area contributed by atoms with Crippen LogP contribution in [0.3, 0.4) is 0 Å². The van der Waals surface area contributed by atoms with E-state index >= 15 is 0 Å². The van der Waals surface area contributed by atoms with E-state index in [2.05, 4.69) is 51.7 Å². The molecule has 5 heteroatoms. The molecule has 3 rings (SSSR count). The van der Waals surface area contributed by atoms with Gasteiger partial charge in [-0.3, -0.25) is 14.5 Å². The van der Waals surface area contributed by atoms with E-state index in [4.69, 9.17) is 0 Å². The van der Waals surface area contributed by atoms with Crippen molar-refractivity contribution >= 4 is 34.7 Å². The molecule has 2 aliphatic rings. The van der Waals surface area contributed by atoms with Crippen molar-refractivity contribution in [3.63, 3.8) is 0 Å². The molecule has 0 N–H and O–H groups in total. The summed E-state index contributed by atoms with van der Waals surface area (Å²) in [5.74, 6) is 0.283. The monoisotopic (exact) mass is 372 g/mol. The molecule has 0 unspecified atom stereocenters. The molecule has 1 aromatic rings. The van der Waals surface area contributed by atoms with Crippen LogP contribution in [-0.2, 0) is 4.79 Å². The van der Waals surface area contributed by atoms with Crippen LogP contribution in [0.5, 0.6) is 0 Å². The first-order valence-electron chi connectivity index (χ1n) is 9.37. The Labute approximate surface area is 160 Å². The molecule has 1 atom stereocenters. The summed E-state index contributed by atoms with van der Waals surface area (Å²) < 4.78 is 0. The molecule has 1 saturated heterocycles. The molecular formula is C21H28N2O2S. The molecule has 1 fully saturated rings. The molecule has 4 nitrogen and oxygen atoms in total. The minimum atomic E-state index is -0.177. The third kappa shape index (κ3) is 3.07. The van der Waals surface area contributed by atoms with Crippen molar-refractivity contribution in [2.45, 2.75) is 59.4 Å². The van der Waals surface area contributed by atoms with E-state index in [1.165, 1.54) is 16.2 Å². The zero-order valence-electron chi connectivity index (χ0n) is 16.5. The summed E-state index contributed by atoms with van der Waals surface area (Å²) in [4.78, 5) is 28.7. The number of fused-ring (bicyclic) bond motifs is 1. The number of rotatable bonds is 3. The minimum absolute atomic E-state index is 0.138. The Morgan fingerprint density at radius 1 is 1.23 bits per heavy atom. The highest BCUT2D eigenvalue weighted by atomic mass is 32.2. The summed E-state index contributed by atoms with van der Waals surface area (Å²) in [7, 11) is 0. The van der Waals surface area contributed by atoms with E-state index in [-0.39, 0.29) is 16.7 Å². The molecule has 2 heterocycles.